The predicted octanol–water partition coefficient (Wildman–Crippen LogP) is 3.66. The van der Waals surface area contributed by atoms with Crippen LogP contribution < -0.4 is 5.73 Å². The monoisotopic (exact) mass is 398 g/mol. The first kappa shape index (κ1) is 19.5. The molecule has 2 atom stereocenters. The lowest BCUT2D eigenvalue weighted by Gasteiger charge is -2.39. The van der Waals surface area contributed by atoms with E-state index in [1.165, 1.54) is 32.1 Å². The number of imidazole rings is 1. The van der Waals surface area contributed by atoms with Crippen LogP contribution in [0, 0.1) is 5.92 Å². The lowest BCUT2D eigenvalue weighted by atomic mass is 9.84. The highest BCUT2D eigenvalue weighted by molar-refractivity contribution is 7.80. The van der Waals surface area contributed by atoms with Crippen LogP contribution in [0.25, 0.3) is 11.3 Å². The van der Waals surface area contributed by atoms with Gasteiger partial charge in [0.1, 0.15) is 5.82 Å². The fourth-order valence-corrected chi connectivity index (χ4v) is 4.82. The minimum absolute atomic E-state index is 0.00585. The van der Waals surface area contributed by atoms with Gasteiger partial charge in [-0.3, -0.25) is 4.79 Å². The zero-order valence-electron chi connectivity index (χ0n) is 16.3. The Balaban J connectivity index is 1.66. The molecule has 6 heteroatoms. The molecule has 1 aromatic carbocycles. The molecule has 1 aliphatic heterocycles. The number of hydrogen-bond donors (Lipinski definition) is 2. The van der Waals surface area contributed by atoms with E-state index in [4.69, 9.17) is 10.7 Å². The molecule has 28 heavy (non-hydrogen) atoms. The van der Waals surface area contributed by atoms with Crippen LogP contribution in [-0.4, -0.2) is 38.7 Å². The van der Waals surface area contributed by atoms with E-state index in [0.717, 1.165) is 30.0 Å². The minimum Gasteiger partial charge on any atom is -0.331 e. The molecule has 0 unspecified atom stereocenters. The maximum Gasteiger partial charge on any atom is 0.241 e. The first-order chi connectivity index (χ1) is 13.7. The lowest BCUT2D eigenvalue weighted by Crippen LogP contribution is -2.50. The van der Waals surface area contributed by atoms with Crippen LogP contribution in [-0.2, 0) is 11.3 Å². The number of amides is 1. The Bertz CT molecular complexity index is 800. The van der Waals surface area contributed by atoms with E-state index in [1.54, 1.807) is 0 Å². The fourth-order valence-electron chi connectivity index (χ4n) is 4.66. The second kappa shape index (κ2) is 8.70. The Morgan fingerprint density at radius 3 is 2.64 bits per heavy atom. The Kier molecular flexibility index (Phi) is 6.07. The van der Waals surface area contributed by atoms with Crippen LogP contribution in [0.5, 0.6) is 0 Å². The maximum absolute atomic E-state index is 13.0. The lowest BCUT2D eigenvalue weighted by molar-refractivity contribution is -0.136. The van der Waals surface area contributed by atoms with Crippen molar-refractivity contribution in [2.24, 2.45) is 11.7 Å². The van der Waals surface area contributed by atoms with Gasteiger partial charge in [-0.1, -0.05) is 62.4 Å². The first-order valence-corrected chi connectivity index (χ1v) is 11.1. The van der Waals surface area contributed by atoms with Gasteiger partial charge in [0.05, 0.1) is 17.8 Å². The van der Waals surface area contributed by atoms with Gasteiger partial charge < -0.3 is 15.2 Å². The molecule has 1 aliphatic carbocycles. The molecule has 0 saturated heterocycles. The SMILES string of the molecule is N[C@H](CS)C(=O)N1CCn2cc(-c3ccccc3)nc2[C@@H]1CC1CCCCC1. The van der Waals surface area contributed by atoms with Gasteiger partial charge in [0.25, 0.3) is 0 Å². The molecule has 2 heterocycles. The number of aromatic nitrogens is 2. The summed E-state index contributed by atoms with van der Waals surface area (Å²) in [6, 6.07) is 9.72. The van der Waals surface area contributed by atoms with Gasteiger partial charge >= 0.3 is 0 Å². The number of carbonyl (C=O) groups is 1. The van der Waals surface area contributed by atoms with Gasteiger partial charge in [0.2, 0.25) is 5.91 Å². The summed E-state index contributed by atoms with van der Waals surface area (Å²) in [6.45, 7) is 1.46. The highest BCUT2D eigenvalue weighted by Crippen LogP contribution is 2.37. The normalized spacial score (nSPS) is 21.4. The molecule has 0 bridgehead atoms. The molecule has 2 aliphatic rings. The maximum atomic E-state index is 13.0. The summed E-state index contributed by atoms with van der Waals surface area (Å²) in [5, 5.41) is 0. The number of nitrogens with two attached hydrogens (primary N) is 1. The largest absolute Gasteiger partial charge is 0.331 e. The highest BCUT2D eigenvalue weighted by Gasteiger charge is 2.36. The number of carbonyl (C=O) groups excluding carboxylic acids is 1. The number of rotatable bonds is 5. The summed E-state index contributed by atoms with van der Waals surface area (Å²) in [4.78, 5) is 20.0. The summed E-state index contributed by atoms with van der Waals surface area (Å²) in [6.07, 6.45) is 9.56. The van der Waals surface area contributed by atoms with Crippen LogP contribution in [0.3, 0.4) is 0 Å². The number of fused-ring (bicyclic) bond motifs is 1. The molecular weight excluding hydrogens is 368 g/mol. The number of nitrogens with zero attached hydrogens (tertiary/aromatic N) is 3. The van der Waals surface area contributed by atoms with Crippen molar-refractivity contribution in [3.63, 3.8) is 0 Å². The van der Waals surface area contributed by atoms with E-state index in [0.29, 0.717) is 18.2 Å². The van der Waals surface area contributed by atoms with Crippen LogP contribution in [0.4, 0.5) is 0 Å². The summed E-state index contributed by atoms with van der Waals surface area (Å²) < 4.78 is 2.24. The van der Waals surface area contributed by atoms with E-state index < -0.39 is 6.04 Å². The zero-order valence-corrected chi connectivity index (χ0v) is 17.2. The van der Waals surface area contributed by atoms with Crippen LogP contribution in [0.1, 0.15) is 50.4 Å². The van der Waals surface area contributed by atoms with Crippen LogP contribution in [0.15, 0.2) is 36.5 Å². The third-order valence-electron chi connectivity index (χ3n) is 6.21. The molecule has 2 N–H and O–H groups in total. The number of hydrogen-bond acceptors (Lipinski definition) is 4. The van der Waals surface area contributed by atoms with Gasteiger partial charge in [-0.05, 0) is 12.3 Å². The van der Waals surface area contributed by atoms with Crippen molar-refractivity contribution < 1.29 is 4.79 Å². The van der Waals surface area contributed by atoms with Crippen molar-refractivity contribution in [1.29, 1.82) is 0 Å². The van der Waals surface area contributed by atoms with Gasteiger partial charge in [0.15, 0.2) is 0 Å². The molecule has 1 saturated carbocycles. The molecule has 2 aromatic rings. The topological polar surface area (TPSA) is 64.2 Å². The van der Waals surface area contributed by atoms with E-state index in [9.17, 15) is 4.79 Å². The van der Waals surface area contributed by atoms with Crippen molar-refractivity contribution in [2.75, 3.05) is 12.3 Å². The van der Waals surface area contributed by atoms with Gasteiger partial charge in [-0.25, -0.2) is 4.98 Å². The molecule has 0 spiro atoms. The first-order valence-electron chi connectivity index (χ1n) is 10.5. The van der Waals surface area contributed by atoms with Crippen molar-refractivity contribution in [3.05, 3.63) is 42.4 Å². The molecule has 5 nitrogen and oxygen atoms in total. The Morgan fingerprint density at radius 1 is 1.18 bits per heavy atom. The molecule has 4 rings (SSSR count). The Labute approximate surface area is 172 Å². The van der Waals surface area contributed by atoms with Gasteiger partial charge in [-0.15, -0.1) is 0 Å². The third kappa shape index (κ3) is 3.98. The average molecular weight is 399 g/mol. The standard InChI is InChI=1S/C22H30N4OS/c23-18(15-28)22(27)26-12-11-25-14-19(17-9-5-2-6-10-17)24-21(25)20(26)13-16-7-3-1-4-8-16/h2,5-6,9-10,14,16,18,20,28H,1,3-4,7-8,11-13,15,23H2/t18-,20+/m1/s1. The van der Waals surface area contributed by atoms with Crippen molar-refractivity contribution in [3.8, 4) is 11.3 Å². The third-order valence-corrected chi connectivity index (χ3v) is 6.60. The second-order valence-corrected chi connectivity index (χ2v) is 8.49. The predicted molar refractivity (Wildman–Crippen MR) is 115 cm³/mol. The smallest absolute Gasteiger partial charge is 0.241 e. The molecule has 1 amide bonds. The number of thiol groups is 1. The zero-order chi connectivity index (χ0) is 19.5. The Morgan fingerprint density at radius 2 is 1.93 bits per heavy atom. The van der Waals surface area contributed by atoms with E-state index >= 15 is 0 Å². The minimum atomic E-state index is -0.549. The van der Waals surface area contributed by atoms with Gasteiger partial charge in [0, 0.05) is 30.6 Å². The van der Waals surface area contributed by atoms with Crippen molar-refractivity contribution in [2.45, 2.75) is 57.2 Å². The van der Waals surface area contributed by atoms with E-state index in [1.807, 2.05) is 23.1 Å². The molecular formula is C22H30N4OS. The van der Waals surface area contributed by atoms with Crippen molar-refractivity contribution >= 4 is 18.5 Å². The summed E-state index contributed by atoms with van der Waals surface area (Å²) in [5.41, 5.74) is 8.16. The van der Waals surface area contributed by atoms with Crippen molar-refractivity contribution in [1.82, 2.24) is 14.5 Å². The van der Waals surface area contributed by atoms with Crippen LogP contribution >= 0.6 is 12.6 Å². The summed E-state index contributed by atoms with van der Waals surface area (Å²) in [7, 11) is 0. The summed E-state index contributed by atoms with van der Waals surface area (Å²) in [5.74, 6) is 2.04. The molecule has 1 fully saturated rings. The summed E-state index contributed by atoms with van der Waals surface area (Å²) >= 11 is 4.25. The van der Waals surface area contributed by atoms with E-state index in [-0.39, 0.29) is 11.9 Å². The highest BCUT2D eigenvalue weighted by atomic mass is 32.1. The number of benzene rings is 1. The van der Waals surface area contributed by atoms with E-state index in [2.05, 4.69) is 35.5 Å². The second-order valence-electron chi connectivity index (χ2n) is 8.12. The van der Waals surface area contributed by atoms with Crippen LogP contribution in [0.2, 0.25) is 0 Å². The Hall–Kier alpha value is -1.79. The molecule has 0 radical (unpaired) electrons. The quantitative estimate of drug-likeness (QED) is 0.756. The fraction of sp³-hybridized carbons (Fsp3) is 0.545. The molecule has 150 valence electrons. The molecule has 1 aromatic heterocycles. The van der Waals surface area contributed by atoms with Gasteiger partial charge in [-0.2, -0.15) is 12.6 Å². The average Bonchev–Trinajstić information content (AvgIpc) is 3.19.